The number of hydrogen-bond acceptors (Lipinski definition) is 3. The number of aryl methyl sites for hydroxylation is 2. The lowest BCUT2D eigenvalue weighted by Gasteiger charge is -2.24. The molecule has 4 heteroatoms. The van der Waals surface area contributed by atoms with Crippen LogP contribution in [-0.4, -0.2) is 10.9 Å². The van der Waals surface area contributed by atoms with E-state index in [0.717, 1.165) is 46.7 Å². The van der Waals surface area contributed by atoms with Gasteiger partial charge in [-0.25, -0.2) is 4.98 Å². The summed E-state index contributed by atoms with van der Waals surface area (Å²) in [5.74, 6) is 0.313. The zero-order valence-corrected chi connectivity index (χ0v) is 15.5. The van der Waals surface area contributed by atoms with Crippen LogP contribution in [0.3, 0.4) is 0 Å². The predicted octanol–water partition coefficient (Wildman–Crippen LogP) is 5.77. The van der Waals surface area contributed by atoms with Crippen LogP contribution in [0.15, 0.2) is 42.5 Å². The molecule has 3 aromatic rings. The number of anilines is 2. The third kappa shape index (κ3) is 3.07. The van der Waals surface area contributed by atoms with Gasteiger partial charge in [-0.15, -0.1) is 0 Å². The summed E-state index contributed by atoms with van der Waals surface area (Å²) in [7, 11) is 0. The van der Waals surface area contributed by atoms with Gasteiger partial charge in [0.2, 0.25) is 5.91 Å². The zero-order valence-electron chi connectivity index (χ0n) is 14.7. The molecule has 2 aromatic carbocycles. The lowest BCUT2D eigenvalue weighted by atomic mass is 10.1. The highest BCUT2D eigenvalue weighted by Gasteiger charge is 2.31. The van der Waals surface area contributed by atoms with Gasteiger partial charge in [0.15, 0.2) is 5.13 Å². The number of carbonyl (C=O) groups is 1. The van der Waals surface area contributed by atoms with E-state index in [4.69, 9.17) is 4.98 Å². The van der Waals surface area contributed by atoms with Gasteiger partial charge in [-0.2, -0.15) is 0 Å². The van der Waals surface area contributed by atoms with E-state index in [9.17, 15) is 4.79 Å². The first-order valence-electron chi connectivity index (χ1n) is 8.90. The minimum atomic E-state index is 0.119. The fraction of sp³-hybridized carbons (Fsp3) is 0.333. The summed E-state index contributed by atoms with van der Waals surface area (Å²) in [5.41, 5.74) is 4.32. The van der Waals surface area contributed by atoms with E-state index in [1.54, 1.807) is 11.3 Å². The molecule has 0 N–H and O–H groups in total. The molecule has 1 fully saturated rings. The maximum Gasteiger partial charge on any atom is 0.236 e. The van der Waals surface area contributed by atoms with Crippen LogP contribution in [0, 0.1) is 19.8 Å². The fourth-order valence-corrected chi connectivity index (χ4v) is 4.50. The number of benzene rings is 2. The Balaban J connectivity index is 1.82. The van der Waals surface area contributed by atoms with E-state index in [1.807, 2.05) is 29.2 Å². The van der Waals surface area contributed by atoms with E-state index < -0.39 is 0 Å². The van der Waals surface area contributed by atoms with E-state index >= 15 is 0 Å². The number of fused-ring (bicyclic) bond motifs is 1. The first-order chi connectivity index (χ1) is 12.1. The summed E-state index contributed by atoms with van der Waals surface area (Å²) < 4.78 is 1.12. The molecule has 128 valence electrons. The Bertz CT molecular complexity index is 892. The smallest absolute Gasteiger partial charge is 0.236 e. The number of carbonyl (C=O) groups excluding carboxylic acids is 1. The molecular weight excluding hydrogens is 328 g/mol. The molecule has 3 nitrogen and oxygen atoms in total. The third-order valence-electron chi connectivity index (χ3n) is 5.15. The molecule has 0 aliphatic heterocycles. The van der Waals surface area contributed by atoms with Gasteiger partial charge < -0.3 is 0 Å². The van der Waals surface area contributed by atoms with Crippen molar-refractivity contribution in [3.05, 3.63) is 53.6 Å². The Hall–Kier alpha value is -2.20. The Morgan fingerprint density at radius 2 is 1.84 bits per heavy atom. The molecule has 1 aliphatic carbocycles. The van der Waals surface area contributed by atoms with Gasteiger partial charge >= 0.3 is 0 Å². The molecule has 1 heterocycles. The molecule has 0 atom stereocenters. The molecule has 25 heavy (non-hydrogen) atoms. The average Bonchev–Trinajstić information content (AvgIpc) is 3.27. The van der Waals surface area contributed by atoms with Crippen molar-refractivity contribution in [3.8, 4) is 0 Å². The van der Waals surface area contributed by atoms with Crippen molar-refractivity contribution in [1.29, 1.82) is 0 Å². The number of nitrogens with zero attached hydrogens (tertiary/aromatic N) is 2. The monoisotopic (exact) mass is 350 g/mol. The molecule has 0 radical (unpaired) electrons. The highest BCUT2D eigenvalue weighted by molar-refractivity contribution is 7.22. The molecule has 0 unspecified atom stereocenters. The number of rotatable bonds is 3. The number of para-hydroxylation sites is 1. The molecule has 4 rings (SSSR count). The van der Waals surface area contributed by atoms with Gasteiger partial charge in [-0.1, -0.05) is 42.4 Å². The number of aromatic nitrogens is 1. The predicted molar refractivity (Wildman–Crippen MR) is 105 cm³/mol. The molecule has 1 saturated carbocycles. The van der Waals surface area contributed by atoms with Gasteiger partial charge in [0.25, 0.3) is 0 Å². The maximum absolute atomic E-state index is 13.3. The Labute approximate surface area is 152 Å². The fourth-order valence-electron chi connectivity index (χ4n) is 3.51. The van der Waals surface area contributed by atoms with Crippen molar-refractivity contribution in [1.82, 2.24) is 4.98 Å². The van der Waals surface area contributed by atoms with E-state index in [1.165, 1.54) is 11.1 Å². The van der Waals surface area contributed by atoms with E-state index in [2.05, 4.69) is 32.0 Å². The van der Waals surface area contributed by atoms with Crippen LogP contribution in [-0.2, 0) is 4.79 Å². The van der Waals surface area contributed by atoms with Crippen molar-refractivity contribution in [2.75, 3.05) is 4.90 Å². The number of amides is 1. The standard InChI is InChI=1S/C21H22N2OS/c1-14-11-12-17(13-15(14)2)23(20(24)16-7-3-4-8-16)21-22-18-9-5-6-10-19(18)25-21/h5-6,9-13,16H,3-4,7-8H2,1-2H3. The first kappa shape index (κ1) is 16.3. The van der Waals surface area contributed by atoms with Gasteiger partial charge in [0.05, 0.1) is 15.9 Å². The Morgan fingerprint density at radius 1 is 1.08 bits per heavy atom. The van der Waals surface area contributed by atoms with Crippen molar-refractivity contribution in [2.24, 2.45) is 5.92 Å². The van der Waals surface area contributed by atoms with Crippen LogP contribution in [0.2, 0.25) is 0 Å². The number of hydrogen-bond donors (Lipinski definition) is 0. The van der Waals surface area contributed by atoms with Gasteiger partial charge in [-0.3, -0.25) is 9.69 Å². The van der Waals surface area contributed by atoms with Crippen molar-refractivity contribution >= 4 is 38.3 Å². The SMILES string of the molecule is Cc1ccc(N(C(=O)C2CCCC2)c2nc3ccccc3s2)cc1C. The van der Waals surface area contributed by atoms with Crippen LogP contribution in [0.4, 0.5) is 10.8 Å². The van der Waals surface area contributed by atoms with Crippen LogP contribution in [0.5, 0.6) is 0 Å². The minimum Gasteiger partial charge on any atom is -0.274 e. The quantitative estimate of drug-likeness (QED) is 0.601. The molecule has 1 aliphatic rings. The normalized spacial score (nSPS) is 15.0. The van der Waals surface area contributed by atoms with Crippen molar-refractivity contribution < 1.29 is 4.79 Å². The molecule has 0 bridgehead atoms. The van der Waals surface area contributed by atoms with Crippen molar-refractivity contribution in [3.63, 3.8) is 0 Å². The molecule has 1 aromatic heterocycles. The third-order valence-corrected chi connectivity index (χ3v) is 6.17. The highest BCUT2D eigenvalue weighted by Crippen LogP contribution is 2.37. The minimum absolute atomic E-state index is 0.119. The second kappa shape index (κ2) is 6.60. The molecular formula is C21H22N2OS. The van der Waals surface area contributed by atoms with Gasteiger partial charge in [0.1, 0.15) is 0 Å². The lowest BCUT2D eigenvalue weighted by molar-refractivity contribution is -0.121. The lowest BCUT2D eigenvalue weighted by Crippen LogP contribution is -2.31. The van der Waals surface area contributed by atoms with Gasteiger partial charge in [-0.05, 0) is 62.1 Å². The zero-order chi connectivity index (χ0) is 17.4. The van der Waals surface area contributed by atoms with Crippen LogP contribution in [0.1, 0.15) is 36.8 Å². The highest BCUT2D eigenvalue weighted by atomic mass is 32.1. The molecule has 0 saturated heterocycles. The Kier molecular flexibility index (Phi) is 4.30. The topological polar surface area (TPSA) is 33.2 Å². The summed E-state index contributed by atoms with van der Waals surface area (Å²) >= 11 is 1.59. The average molecular weight is 350 g/mol. The summed E-state index contributed by atoms with van der Waals surface area (Å²) in [6.07, 6.45) is 4.28. The Morgan fingerprint density at radius 3 is 2.56 bits per heavy atom. The van der Waals surface area contributed by atoms with E-state index in [-0.39, 0.29) is 11.8 Å². The summed E-state index contributed by atoms with van der Waals surface area (Å²) in [6, 6.07) is 14.3. The van der Waals surface area contributed by atoms with Crippen molar-refractivity contribution in [2.45, 2.75) is 39.5 Å². The largest absolute Gasteiger partial charge is 0.274 e. The summed E-state index contributed by atoms with van der Waals surface area (Å²) in [6.45, 7) is 4.19. The molecule has 1 amide bonds. The summed E-state index contributed by atoms with van der Waals surface area (Å²) in [5, 5.41) is 0.779. The number of thiazole rings is 1. The second-order valence-electron chi connectivity index (χ2n) is 6.89. The second-order valence-corrected chi connectivity index (χ2v) is 7.90. The van der Waals surface area contributed by atoms with Crippen LogP contribution < -0.4 is 4.90 Å². The van der Waals surface area contributed by atoms with Crippen LogP contribution >= 0.6 is 11.3 Å². The van der Waals surface area contributed by atoms with Crippen LogP contribution in [0.25, 0.3) is 10.2 Å². The maximum atomic E-state index is 13.3. The first-order valence-corrected chi connectivity index (χ1v) is 9.72. The summed E-state index contributed by atoms with van der Waals surface area (Å²) in [4.78, 5) is 19.9. The van der Waals surface area contributed by atoms with Gasteiger partial charge in [0, 0.05) is 5.92 Å². The van der Waals surface area contributed by atoms with E-state index in [0.29, 0.717) is 0 Å². The molecule has 0 spiro atoms.